The first-order valence-electron chi connectivity index (χ1n) is 11.5. The average Bonchev–Trinajstić information content (AvgIpc) is 3.27. The van der Waals surface area contributed by atoms with Crippen LogP contribution in [0.5, 0.6) is 11.5 Å². The molecule has 0 unspecified atom stereocenters. The van der Waals surface area contributed by atoms with Crippen molar-refractivity contribution in [1.82, 2.24) is 14.4 Å². The van der Waals surface area contributed by atoms with Gasteiger partial charge in [-0.15, -0.1) is 0 Å². The lowest BCUT2D eigenvalue weighted by Crippen LogP contribution is -2.42. The highest BCUT2D eigenvalue weighted by molar-refractivity contribution is 5.92. The molecule has 3 heterocycles. The van der Waals surface area contributed by atoms with Crippen LogP contribution in [0.2, 0.25) is 0 Å². The van der Waals surface area contributed by atoms with E-state index in [0.29, 0.717) is 38.5 Å². The van der Waals surface area contributed by atoms with Gasteiger partial charge in [-0.25, -0.2) is 4.79 Å². The molecule has 0 bridgehead atoms. The van der Waals surface area contributed by atoms with Gasteiger partial charge in [-0.2, -0.15) is 0 Å². The monoisotopic (exact) mass is 455 g/mol. The molecule has 1 aromatic carbocycles. The summed E-state index contributed by atoms with van der Waals surface area (Å²) in [5, 5.41) is 0. The van der Waals surface area contributed by atoms with Crippen LogP contribution in [-0.4, -0.2) is 65.3 Å². The summed E-state index contributed by atoms with van der Waals surface area (Å²) in [5.41, 5.74) is 1.14. The third-order valence-corrected chi connectivity index (χ3v) is 5.88. The van der Waals surface area contributed by atoms with Gasteiger partial charge in [-0.05, 0) is 63.4 Å². The molecule has 2 aliphatic rings. The van der Waals surface area contributed by atoms with Crippen LogP contribution >= 0.6 is 0 Å². The van der Waals surface area contributed by atoms with E-state index in [1.807, 2.05) is 64.3 Å². The van der Waals surface area contributed by atoms with Crippen LogP contribution in [0.3, 0.4) is 0 Å². The molecule has 0 atom stereocenters. The summed E-state index contributed by atoms with van der Waals surface area (Å²) in [6.45, 7) is 8.39. The summed E-state index contributed by atoms with van der Waals surface area (Å²) in [6, 6.07) is 9.73. The first kappa shape index (κ1) is 23.0. The minimum Gasteiger partial charge on any atom is -0.486 e. The van der Waals surface area contributed by atoms with E-state index in [9.17, 15) is 9.59 Å². The van der Waals surface area contributed by atoms with Gasteiger partial charge >= 0.3 is 6.09 Å². The Hall–Kier alpha value is -3.16. The van der Waals surface area contributed by atoms with E-state index in [0.717, 1.165) is 29.9 Å². The Morgan fingerprint density at radius 1 is 1.09 bits per heavy atom. The molecule has 8 nitrogen and oxygen atoms in total. The molecule has 0 radical (unpaired) electrons. The zero-order chi connectivity index (χ0) is 23.6. The van der Waals surface area contributed by atoms with E-state index >= 15 is 0 Å². The van der Waals surface area contributed by atoms with Crippen molar-refractivity contribution in [1.29, 1.82) is 0 Å². The third-order valence-electron chi connectivity index (χ3n) is 5.88. The fourth-order valence-corrected chi connectivity index (χ4v) is 4.27. The van der Waals surface area contributed by atoms with Crippen molar-refractivity contribution < 1.29 is 23.8 Å². The quantitative estimate of drug-likeness (QED) is 0.694. The molecule has 2 aromatic rings. The number of nitrogens with zero attached hydrogens (tertiary/aromatic N) is 3. The van der Waals surface area contributed by atoms with Crippen LogP contribution in [0.4, 0.5) is 4.79 Å². The fourth-order valence-electron chi connectivity index (χ4n) is 4.27. The predicted octanol–water partition coefficient (Wildman–Crippen LogP) is 4.10. The molecule has 0 aliphatic carbocycles. The van der Waals surface area contributed by atoms with Crippen molar-refractivity contribution in [3.8, 4) is 11.5 Å². The summed E-state index contributed by atoms with van der Waals surface area (Å²) in [5.74, 6) is 1.43. The highest BCUT2D eigenvalue weighted by Crippen LogP contribution is 2.31. The van der Waals surface area contributed by atoms with Gasteiger partial charge in [0.25, 0.3) is 5.91 Å². The number of rotatable bonds is 4. The number of hydrogen-bond acceptors (Lipinski definition) is 5. The van der Waals surface area contributed by atoms with Crippen molar-refractivity contribution in [2.75, 3.05) is 33.4 Å². The van der Waals surface area contributed by atoms with Crippen molar-refractivity contribution in [2.24, 2.45) is 0 Å². The van der Waals surface area contributed by atoms with E-state index in [2.05, 4.69) is 4.57 Å². The second-order valence-electron chi connectivity index (χ2n) is 9.64. The Morgan fingerprint density at radius 3 is 2.48 bits per heavy atom. The van der Waals surface area contributed by atoms with E-state index < -0.39 is 5.60 Å². The Balaban J connectivity index is 1.38. The summed E-state index contributed by atoms with van der Waals surface area (Å²) >= 11 is 0. The first-order valence-corrected chi connectivity index (χ1v) is 11.5. The Morgan fingerprint density at radius 2 is 1.79 bits per heavy atom. The largest absolute Gasteiger partial charge is 0.486 e. The number of likely N-dealkylation sites (tertiary alicyclic amines) is 1. The van der Waals surface area contributed by atoms with Gasteiger partial charge in [-0.1, -0.05) is 6.07 Å². The van der Waals surface area contributed by atoms with Gasteiger partial charge in [0.05, 0.1) is 0 Å². The lowest BCUT2D eigenvalue weighted by atomic mass is 10.0. The molecule has 0 saturated carbocycles. The standard InChI is InChI=1S/C25H33N3O5/c1-25(2,3)33-24(30)27-12-9-19(10-13-27)28-11-5-6-20(28)23(29)26(4)17-18-7-8-21-22(16-18)32-15-14-31-21/h5-8,11,16,19H,9-10,12-15,17H2,1-4H3. The van der Waals surface area contributed by atoms with Crippen LogP contribution in [0.1, 0.15) is 55.7 Å². The molecular formula is C25H33N3O5. The number of fused-ring (bicyclic) bond motifs is 1. The van der Waals surface area contributed by atoms with E-state index in [-0.39, 0.29) is 18.0 Å². The average molecular weight is 456 g/mol. The molecule has 0 N–H and O–H groups in total. The number of ether oxygens (including phenoxy) is 3. The van der Waals surface area contributed by atoms with E-state index in [1.54, 1.807) is 9.80 Å². The smallest absolute Gasteiger partial charge is 0.410 e. The van der Waals surface area contributed by atoms with Crippen molar-refractivity contribution in [3.05, 3.63) is 47.8 Å². The molecule has 2 amide bonds. The molecule has 1 aromatic heterocycles. The molecule has 1 saturated heterocycles. The molecule has 8 heteroatoms. The van der Waals surface area contributed by atoms with Gasteiger partial charge in [0.2, 0.25) is 0 Å². The zero-order valence-electron chi connectivity index (χ0n) is 19.9. The lowest BCUT2D eigenvalue weighted by Gasteiger charge is -2.34. The summed E-state index contributed by atoms with van der Waals surface area (Å²) < 4.78 is 18.8. The molecule has 178 valence electrons. The highest BCUT2D eigenvalue weighted by atomic mass is 16.6. The summed E-state index contributed by atoms with van der Waals surface area (Å²) in [6.07, 6.45) is 3.24. The highest BCUT2D eigenvalue weighted by Gasteiger charge is 2.29. The SMILES string of the molecule is CN(Cc1ccc2c(c1)OCCO2)C(=O)c1cccn1C1CCN(C(=O)OC(C)(C)C)CC1. The molecule has 33 heavy (non-hydrogen) atoms. The maximum Gasteiger partial charge on any atom is 0.410 e. The topological polar surface area (TPSA) is 73.2 Å². The molecule has 2 aliphatic heterocycles. The molecule has 4 rings (SSSR count). The van der Waals surface area contributed by atoms with Crippen molar-refractivity contribution in [2.45, 2.75) is 51.8 Å². The van der Waals surface area contributed by atoms with Gasteiger partial charge in [-0.3, -0.25) is 4.79 Å². The number of piperidine rings is 1. The summed E-state index contributed by atoms with van der Waals surface area (Å²) in [7, 11) is 1.81. The Labute approximate surface area is 195 Å². The third kappa shape index (κ3) is 5.43. The summed E-state index contributed by atoms with van der Waals surface area (Å²) in [4.78, 5) is 29.1. The fraction of sp³-hybridized carbons (Fsp3) is 0.520. The van der Waals surface area contributed by atoms with E-state index in [4.69, 9.17) is 14.2 Å². The predicted molar refractivity (Wildman–Crippen MR) is 124 cm³/mol. The van der Waals surface area contributed by atoms with Crippen LogP contribution < -0.4 is 9.47 Å². The second kappa shape index (κ2) is 9.37. The normalized spacial score (nSPS) is 16.4. The number of aromatic nitrogens is 1. The van der Waals surface area contributed by atoms with Gasteiger partial charge in [0.1, 0.15) is 24.5 Å². The minimum absolute atomic E-state index is 0.0375. The lowest BCUT2D eigenvalue weighted by molar-refractivity contribution is 0.0186. The van der Waals surface area contributed by atoms with Crippen molar-refractivity contribution in [3.63, 3.8) is 0 Å². The second-order valence-corrected chi connectivity index (χ2v) is 9.64. The number of benzene rings is 1. The maximum atomic E-state index is 13.3. The minimum atomic E-state index is -0.504. The molecule has 0 spiro atoms. The van der Waals surface area contributed by atoms with Gasteiger partial charge in [0.15, 0.2) is 11.5 Å². The number of hydrogen-bond donors (Lipinski definition) is 0. The van der Waals surface area contributed by atoms with Gasteiger partial charge < -0.3 is 28.6 Å². The van der Waals surface area contributed by atoms with Crippen LogP contribution in [0.25, 0.3) is 0 Å². The molecule has 1 fully saturated rings. The van der Waals surface area contributed by atoms with Crippen LogP contribution in [0.15, 0.2) is 36.5 Å². The van der Waals surface area contributed by atoms with E-state index in [1.165, 1.54) is 0 Å². The number of carbonyl (C=O) groups is 2. The Bertz CT molecular complexity index is 1000. The van der Waals surface area contributed by atoms with Crippen LogP contribution in [0, 0.1) is 0 Å². The Kier molecular flexibility index (Phi) is 6.54. The number of carbonyl (C=O) groups excluding carboxylic acids is 2. The first-order chi connectivity index (χ1) is 15.7. The zero-order valence-corrected chi connectivity index (χ0v) is 19.9. The van der Waals surface area contributed by atoms with Gasteiger partial charge in [0, 0.05) is 38.9 Å². The van der Waals surface area contributed by atoms with Crippen molar-refractivity contribution >= 4 is 12.0 Å². The number of amides is 2. The maximum absolute atomic E-state index is 13.3. The van der Waals surface area contributed by atoms with Crippen LogP contribution in [-0.2, 0) is 11.3 Å². The molecular weight excluding hydrogens is 422 g/mol.